The summed E-state index contributed by atoms with van der Waals surface area (Å²) >= 11 is 0. The first-order valence-corrected chi connectivity index (χ1v) is 6.19. The second kappa shape index (κ2) is 5.09. The molecule has 0 aliphatic rings. The maximum atomic E-state index is 13.1. The average Bonchev–Trinajstić information content (AvgIpc) is 2.75. The summed E-state index contributed by atoms with van der Waals surface area (Å²) < 4.78 is 18.3. The number of nitrogens with two attached hydrogens (primary N) is 1. The Balaban J connectivity index is 2.14. The lowest BCUT2D eigenvalue weighted by atomic mass is 9.87. The number of halogens is 1. The van der Waals surface area contributed by atoms with Gasteiger partial charge >= 0.3 is 0 Å². The Morgan fingerprint density at radius 3 is 2.74 bits per heavy atom. The molecule has 0 amide bonds. The number of hydrogen-bond donors (Lipinski definition) is 1. The van der Waals surface area contributed by atoms with Crippen LogP contribution in [0.5, 0.6) is 0 Å². The van der Waals surface area contributed by atoms with Gasteiger partial charge in [0.2, 0.25) is 5.89 Å². The van der Waals surface area contributed by atoms with E-state index < -0.39 is 0 Å². The molecule has 4 nitrogen and oxygen atoms in total. The SMILES string of the molecule is CC(C)(C)[C@H](N)c1nc(Cc2cccc(F)c2)no1. The van der Waals surface area contributed by atoms with E-state index in [-0.39, 0.29) is 17.3 Å². The molecule has 2 N–H and O–H groups in total. The van der Waals surface area contributed by atoms with Crippen LogP contribution in [0.4, 0.5) is 4.39 Å². The van der Waals surface area contributed by atoms with Gasteiger partial charge in [-0.1, -0.05) is 38.1 Å². The first-order valence-electron chi connectivity index (χ1n) is 6.19. The standard InChI is InChI=1S/C14H18FN3O/c1-14(2,3)12(16)13-17-11(18-19-13)8-9-5-4-6-10(15)7-9/h4-7,12H,8,16H2,1-3H3/t12-/m1/s1. The van der Waals surface area contributed by atoms with Gasteiger partial charge in [-0.15, -0.1) is 0 Å². The molecule has 1 heterocycles. The minimum absolute atomic E-state index is 0.150. The van der Waals surface area contributed by atoms with Crippen molar-refractivity contribution in [2.24, 2.45) is 11.1 Å². The number of benzene rings is 1. The third kappa shape index (κ3) is 3.38. The minimum Gasteiger partial charge on any atom is -0.338 e. The number of nitrogens with zero attached hydrogens (tertiary/aromatic N) is 2. The topological polar surface area (TPSA) is 64.9 Å². The van der Waals surface area contributed by atoms with Gasteiger partial charge in [-0.2, -0.15) is 4.98 Å². The number of rotatable bonds is 3. The van der Waals surface area contributed by atoms with Gasteiger partial charge in [-0.05, 0) is 23.1 Å². The van der Waals surface area contributed by atoms with Crippen molar-refractivity contribution in [3.63, 3.8) is 0 Å². The largest absolute Gasteiger partial charge is 0.338 e. The molecular weight excluding hydrogens is 245 g/mol. The van der Waals surface area contributed by atoms with Crippen LogP contribution in [0.25, 0.3) is 0 Å². The van der Waals surface area contributed by atoms with E-state index >= 15 is 0 Å². The van der Waals surface area contributed by atoms with Gasteiger partial charge in [0.1, 0.15) is 5.82 Å². The molecule has 0 fully saturated rings. The summed E-state index contributed by atoms with van der Waals surface area (Å²) in [5.41, 5.74) is 6.70. The predicted molar refractivity (Wildman–Crippen MR) is 69.9 cm³/mol. The summed E-state index contributed by atoms with van der Waals surface area (Å²) in [7, 11) is 0. The first-order chi connectivity index (χ1) is 8.86. The predicted octanol–water partition coefficient (Wildman–Crippen LogP) is 2.85. The summed E-state index contributed by atoms with van der Waals surface area (Å²) in [5, 5.41) is 3.89. The van der Waals surface area contributed by atoms with Crippen LogP contribution < -0.4 is 5.73 Å². The molecule has 0 unspecified atom stereocenters. The lowest BCUT2D eigenvalue weighted by molar-refractivity contribution is 0.252. The average molecular weight is 263 g/mol. The minimum atomic E-state index is -0.318. The molecule has 102 valence electrons. The molecule has 0 spiro atoms. The summed E-state index contributed by atoms with van der Waals surface area (Å²) in [5.74, 6) is 0.659. The highest BCUT2D eigenvalue weighted by molar-refractivity contribution is 5.19. The number of hydrogen-bond acceptors (Lipinski definition) is 4. The van der Waals surface area contributed by atoms with Crippen molar-refractivity contribution >= 4 is 0 Å². The fourth-order valence-electron chi connectivity index (χ4n) is 1.67. The molecule has 0 saturated heterocycles. The molecule has 19 heavy (non-hydrogen) atoms. The maximum Gasteiger partial charge on any atom is 0.244 e. The molecule has 0 aliphatic heterocycles. The Morgan fingerprint density at radius 1 is 1.37 bits per heavy atom. The molecule has 2 aromatic rings. The van der Waals surface area contributed by atoms with Crippen molar-refractivity contribution in [2.45, 2.75) is 33.2 Å². The van der Waals surface area contributed by atoms with E-state index in [0.29, 0.717) is 18.1 Å². The normalized spacial score (nSPS) is 13.5. The second-order valence-electron chi connectivity index (χ2n) is 5.70. The van der Waals surface area contributed by atoms with Gasteiger partial charge in [0, 0.05) is 6.42 Å². The molecule has 0 aliphatic carbocycles. The van der Waals surface area contributed by atoms with Gasteiger partial charge in [0.25, 0.3) is 0 Å². The van der Waals surface area contributed by atoms with E-state index in [1.807, 2.05) is 26.8 Å². The quantitative estimate of drug-likeness (QED) is 0.924. The van der Waals surface area contributed by atoms with E-state index in [2.05, 4.69) is 10.1 Å². The number of aromatic nitrogens is 2. The Kier molecular flexibility index (Phi) is 3.66. The van der Waals surface area contributed by atoms with Crippen LogP contribution in [0.2, 0.25) is 0 Å². The molecule has 0 bridgehead atoms. The van der Waals surface area contributed by atoms with Crippen molar-refractivity contribution in [3.8, 4) is 0 Å². The highest BCUT2D eigenvalue weighted by Gasteiger charge is 2.27. The van der Waals surface area contributed by atoms with Crippen molar-refractivity contribution in [3.05, 3.63) is 47.4 Å². The summed E-state index contributed by atoms with van der Waals surface area (Å²) in [4.78, 5) is 4.28. The van der Waals surface area contributed by atoms with Crippen LogP contribution in [0.15, 0.2) is 28.8 Å². The third-order valence-electron chi connectivity index (χ3n) is 2.93. The van der Waals surface area contributed by atoms with Crippen LogP contribution in [0.1, 0.15) is 44.1 Å². The van der Waals surface area contributed by atoms with Crippen molar-refractivity contribution in [2.75, 3.05) is 0 Å². The van der Waals surface area contributed by atoms with E-state index in [0.717, 1.165) is 5.56 Å². The van der Waals surface area contributed by atoms with Crippen LogP contribution >= 0.6 is 0 Å². The monoisotopic (exact) mass is 263 g/mol. The molecule has 5 heteroatoms. The van der Waals surface area contributed by atoms with Gasteiger partial charge in [0.05, 0.1) is 6.04 Å². The molecule has 1 atom stereocenters. The zero-order valence-electron chi connectivity index (χ0n) is 11.4. The summed E-state index contributed by atoms with van der Waals surface area (Å²) in [6, 6.07) is 6.02. The molecule has 0 saturated carbocycles. The van der Waals surface area contributed by atoms with Crippen LogP contribution in [0, 0.1) is 11.2 Å². The molecule has 0 radical (unpaired) electrons. The zero-order valence-corrected chi connectivity index (χ0v) is 11.4. The van der Waals surface area contributed by atoms with E-state index in [4.69, 9.17) is 10.3 Å². The van der Waals surface area contributed by atoms with Gasteiger partial charge in [-0.25, -0.2) is 4.39 Å². The van der Waals surface area contributed by atoms with E-state index in [9.17, 15) is 4.39 Å². The van der Waals surface area contributed by atoms with Gasteiger partial charge in [0.15, 0.2) is 5.82 Å². The lowest BCUT2D eigenvalue weighted by Crippen LogP contribution is -2.26. The molecule has 2 rings (SSSR count). The fraction of sp³-hybridized carbons (Fsp3) is 0.429. The van der Waals surface area contributed by atoms with E-state index in [1.54, 1.807) is 6.07 Å². The Bertz CT molecular complexity index is 560. The smallest absolute Gasteiger partial charge is 0.244 e. The van der Waals surface area contributed by atoms with Crippen molar-refractivity contribution in [1.82, 2.24) is 10.1 Å². The molecule has 1 aromatic carbocycles. The zero-order chi connectivity index (χ0) is 14.0. The third-order valence-corrected chi connectivity index (χ3v) is 2.93. The van der Waals surface area contributed by atoms with Gasteiger partial charge in [-0.3, -0.25) is 0 Å². The van der Waals surface area contributed by atoms with Crippen molar-refractivity contribution < 1.29 is 8.91 Å². The highest BCUT2D eigenvalue weighted by atomic mass is 19.1. The lowest BCUT2D eigenvalue weighted by Gasteiger charge is -2.23. The Labute approximate surface area is 111 Å². The van der Waals surface area contributed by atoms with Crippen LogP contribution in [0.3, 0.4) is 0 Å². The van der Waals surface area contributed by atoms with E-state index in [1.165, 1.54) is 12.1 Å². The highest BCUT2D eigenvalue weighted by Crippen LogP contribution is 2.29. The first kappa shape index (κ1) is 13.7. The molecule has 1 aromatic heterocycles. The maximum absolute atomic E-state index is 13.1. The second-order valence-corrected chi connectivity index (χ2v) is 5.70. The Morgan fingerprint density at radius 2 is 2.11 bits per heavy atom. The molecular formula is C14H18FN3O. The van der Waals surface area contributed by atoms with Crippen molar-refractivity contribution in [1.29, 1.82) is 0 Å². The summed E-state index contributed by atoms with van der Waals surface area (Å²) in [6.07, 6.45) is 0.429. The van der Waals surface area contributed by atoms with Crippen LogP contribution in [-0.4, -0.2) is 10.1 Å². The van der Waals surface area contributed by atoms with Crippen LogP contribution in [-0.2, 0) is 6.42 Å². The Hall–Kier alpha value is -1.75. The van der Waals surface area contributed by atoms with Gasteiger partial charge < -0.3 is 10.3 Å². The summed E-state index contributed by atoms with van der Waals surface area (Å²) in [6.45, 7) is 6.02. The fourth-order valence-corrected chi connectivity index (χ4v) is 1.67.